The van der Waals surface area contributed by atoms with Gasteiger partial charge in [-0.3, -0.25) is 29.4 Å². The third-order valence-electron chi connectivity index (χ3n) is 6.69. The highest BCUT2D eigenvalue weighted by atomic mass is 16.2. The second-order valence-electron chi connectivity index (χ2n) is 10.2. The maximum Gasteiger partial charge on any atom is 0.272 e. The summed E-state index contributed by atoms with van der Waals surface area (Å²) < 4.78 is 6.11. The molecule has 16 heteroatoms. The molecule has 4 heterocycles. The molecule has 0 aliphatic rings. The molecule has 0 aromatic carbocycles. The summed E-state index contributed by atoms with van der Waals surface area (Å²) in [7, 11) is 6.55. The van der Waals surface area contributed by atoms with Crippen LogP contribution in [0.3, 0.4) is 0 Å². The molecule has 0 saturated carbocycles. The molecular weight excluding hydrogens is 570 g/mol. The van der Waals surface area contributed by atoms with Crippen LogP contribution in [-0.2, 0) is 28.2 Å². The van der Waals surface area contributed by atoms with Gasteiger partial charge in [0.15, 0.2) is 0 Å². The molecular formula is C28H33N11O5. The lowest BCUT2D eigenvalue weighted by atomic mass is 10.3. The number of carbonyl (C=O) groups excluding carboxylic acids is 5. The fraction of sp³-hybridized carbons (Fsp3) is 0.214. The highest BCUT2D eigenvalue weighted by molar-refractivity contribution is 6.09. The quantitative estimate of drug-likeness (QED) is 0.0974. The molecule has 5 amide bonds. The summed E-state index contributed by atoms with van der Waals surface area (Å²) >= 11 is 0. The SMILES string of the molecule is Cn1cc(NC(=O)c2cc(NC(=O)c3cc(NC(=O)c4cc(C(N)=O)cn4C)cn3C)cn2C)cc1C(=O)NCCC(=N)N. The van der Waals surface area contributed by atoms with Gasteiger partial charge in [0.05, 0.1) is 28.5 Å². The van der Waals surface area contributed by atoms with Gasteiger partial charge in [0.25, 0.3) is 23.6 Å². The van der Waals surface area contributed by atoms with E-state index in [0.29, 0.717) is 22.8 Å². The van der Waals surface area contributed by atoms with Crippen molar-refractivity contribution in [2.45, 2.75) is 6.42 Å². The van der Waals surface area contributed by atoms with E-state index in [2.05, 4.69) is 21.3 Å². The van der Waals surface area contributed by atoms with E-state index in [0.717, 1.165) is 0 Å². The van der Waals surface area contributed by atoms with Crippen molar-refractivity contribution in [1.82, 2.24) is 23.6 Å². The smallest absolute Gasteiger partial charge is 0.272 e. The minimum absolute atomic E-state index is 0.0358. The van der Waals surface area contributed by atoms with Crippen molar-refractivity contribution in [2.75, 3.05) is 22.5 Å². The minimum Gasteiger partial charge on any atom is -0.388 e. The number of carbonyl (C=O) groups is 5. The van der Waals surface area contributed by atoms with Crippen LogP contribution in [0.5, 0.6) is 0 Å². The van der Waals surface area contributed by atoms with Crippen LogP contribution in [0.25, 0.3) is 0 Å². The molecule has 16 nitrogen and oxygen atoms in total. The number of amides is 5. The van der Waals surface area contributed by atoms with Crippen molar-refractivity contribution < 1.29 is 24.0 Å². The molecule has 9 N–H and O–H groups in total. The molecule has 44 heavy (non-hydrogen) atoms. The first kappa shape index (κ1) is 30.9. The number of aromatic nitrogens is 4. The molecule has 0 unspecified atom stereocenters. The summed E-state index contributed by atoms with van der Waals surface area (Å²) in [4.78, 5) is 62.7. The van der Waals surface area contributed by atoms with Crippen LogP contribution in [0.1, 0.15) is 58.7 Å². The van der Waals surface area contributed by atoms with Crippen molar-refractivity contribution in [2.24, 2.45) is 39.7 Å². The Labute approximate surface area is 251 Å². The van der Waals surface area contributed by atoms with Crippen molar-refractivity contribution in [1.29, 1.82) is 5.41 Å². The van der Waals surface area contributed by atoms with Gasteiger partial charge in [-0.05, 0) is 24.3 Å². The molecule has 0 atom stereocenters. The van der Waals surface area contributed by atoms with Crippen LogP contribution >= 0.6 is 0 Å². The molecule has 230 valence electrons. The standard InChI is InChI=1S/C28H33N11O5/c1-36-11-15(24(31)40)7-19(36)26(42)33-17-9-21(38(3)13-17)28(44)35-18-10-22(39(4)14-18)27(43)34-16-8-20(37(2)12-16)25(41)32-6-5-23(29)30/h7-14H,5-6H2,1-4H3,(H3,29,30)(H2,31,40)(H,32,41)(H,33,42)(H,34,43)(H,35,44). The zero-order valence-corrected chi connectivity index (χ0v) is 24.5. The number of primary amides is 1. The predicted octanol–water partition coefficient (Wildman–Crippen LogP) is 0.952. The van der Waals surface area contributed by atoms with Crippen LogP contribution in [0.15, 0.2) is 49.1 Å². The second kappa shape index (κ2) is 12.4. The molecule has 0 fully saturated rings. The maximum atomic E-state index is 13.1. The van der Waals surface area contributed by atoms with Crippen LogP contribution in [0.4, 0.5) is 17.1 Å². The Morgan fingerprint density at radius 1 is 0.614 bits per heavy atom. The molecule has 4 rings (SSSR count). The maximum absolute atomic E-state index is 13.1. The number of anilines is 3. The Hall–Kier alpha value is -6.06. The summed E-state index contributed by atoms with van der Waals surface area (Å²) in [6.45, 7) is 0.213. The molecule has 0 bridgehead atoms. The minimum atomic E-state index is -0.656. The van der Waals surface area contributed by atoms with E-state index in [1.165, 1.54) is 39.6 Å². The Morgan fingerprint density at radius 3 is 1.34 bits per heavy atom. The van der Waals surface area contributed by atoms with Gasteiger partial charge in [-0.25, -0.2) is 0 Å². The lowest BCUT2D eigenvalue weighted by molar-refractivity contribution is 0.0943. The third kappa shape index (κ3) is 6.87. The number of nitrogens with two attached hydrogens (primary N) is 2. The van der Waals surface area contributed by atoms with Crippen LogP contribution in [0, 0.1) is 5.41 Å². The first-order valence-electron chi connectivity index (χ1n) is 13.2. The zero-order chi connectivity index (χ0) is 32.3. The third-order valence-corrected chi connectivity index (χ3v) is 6.69. The number of hydrogen-bond acceptors (Lipinski definition) is 6. The van der Waals surface area contributed by atoms with Crippen molar-refractivity contribution in [3.8, 4) is 0 Å². The predicted molar refractivity (Wildman–Crippen MR) is 163 cm³/mol. The van der Waals surface area contributed by atoms with Gasteiger partial charge in [0, 0.05) is 65.9 Å². The van der Waals surface area contributed by atoms with E-state index >= 15 is 0 Å². The largest absolute Gasteiger partial charge is 0.388 e. The molecule has 0 spiro atoms. The van der Waals surface area contributed by atoms with Crippen molar-refractivity contribution >= 4 is 52.4 Å². The Kier molecular flexibility index (Phi) is 8.73. The lowest BCUT2D eigenvalue weighted by Crippen LogP contribution is -2.28. The highest BCUT2D eigenvalue weighted by Gasteiger charge is 2.20. The van der Waals surface area contributed by atoms with E-state index in [-0.39, 0.29) is 47.4 Å². The van der Waals surface area contributed by atoms with Gasteiger partial charge in [-0.15, -0.1) is 0 Å². The molecule has 0 aliphatic carbocycles. The highest BCUT2D eigenvalue weighted by Crippen LogP contribution is 2.20. The summed E-state index contributed by atoms with van der Waals surface area (Å²) in [6.07, 6.45) is 6.40. The molecule has 0 saturated heterocycles. The van der Waals surface area contributed by atoms with Gasteiger partial charge < -0.3 is 51.0 Å². The summed E-state index contributed by atoms with van der Waals surface area (Å²) in [5.41, 5.74) is 12.9. The topological polar surface area (TPSA) is 229 Å². The number of nitrogens with one attached hydrogen (secondary N) is 5. The van der Waals surface area contributed by atoms with Gasteiger partial charge >= 0.3 is 0 Å². The van der Waals surface area contributed by atoms with Gasteiger partial charge in [-0.2, -0.15) is 0 Å². The Balaban J connectivity index is 1.40. The van der Waals surface area contributed by atoms with E-state index in [1.807, 2.05) is 0 Å². The summed E-state index contributed by atoms with van der Waals surface area (Å²) in [6, 6.07) is 5.89. The van der Waals surface area contributed by atoms with E-state index in [1.54, 1.807) is 55.9 Å². The van der Waals surface area contributed by atoms with Crippen LogP contribution in [0.2, 0.25) is 0 Å². The Bertz CT molecular complexity index is 1800. The number of aryl methyl sites for hydroxylation is 4. The Morgan fingerprint density at radius 2 is 0.977 bits per heavy atom. The van der Waals surface area contributed by atoms with E-state index in [9.17, 15) is 24.0 Å². The monoisotopic (exact) mass is 603 g/mol. The average molecular weight is 604 g/mol. The fourth-order valence-corrected chi connectivity index (χ4v) is 4.49. The normalized spacial score (nSPS) is 10.7. The van der Waals surface area contributed by atoms with Crippen molar-refractivity contribution in [3.63, 3.8) is 0 Å². The fourth-order valence-electron chi connectivity index (χ4n) is 4.49. The number of amidine groups is 1. The molecule has 0 radical (unpaired) electrons. The molecule has 0 aliphatic heterocycles. The molecule has 4 aromatic heterocycles. The second-order valence-corrected chi connectivity index (χ2v) is 10.2. The van der Waals surface area contributed by atoms with Gasteiger partial charge in [-0.1, -0.05) is 0 Å². The van der Waals surface area contributed by atoms with Crippen molar-refractivity contribution in [3.05, 3.63) is 77.4 Å². The first-order chi connectivity index (χ1) is 20.7. The molecule has 4 aromatic rings. The zero-order valence-electron chi connectivity index (χ0n) is 24.5. The summed E-state index contributed by atoms with van der Waals surface area (Å²) in [5, 5.41) is 18.1. The van der Waals surface area contributed by atoms with E-state index in [4.69, 9.17) is 16.9 Å². The first-order valence-corrected chi connectivity index (χ1v) is 13.2. The number of hydrogen-bond donors (Lipinski definition) is 7. The van der Waals surface area contributed by atoms with Crippen LogP contribution < -0.4 is 32.7 Å². The van der Waals surface area contributed by atoms with Crippen LogP contribution in [-0.4, -0.2) is 60.2 Å². The summed E-state index contributed by atoms with van der Waals surface area (Å²) in [5.74, 6) is -2.51. The average Bonchev–Trinajstić information content (AvgIpc) is 3.69. The number of rotatable bonds is 11. The van der Waals surface area contributed by atoms with Gasteiger partial charge in [0.2, 0.25) is 5.91 Å². The van der Waals surface area contributed by atoms with Gasteiger partial charge in [0.1, 0.15) is 22.8 Å². The lowest BCUT2D eigenvalue weighted by Gasteiger charge is -2.04. The number of nitrogens with zero attached hydrogens (tertiary/aromatic N) is 4. The van der Waals surface area contributed by atoms with E-state index < -0.39 is 23.6 Å².